The van der Waals surface area contributed by atoms with E-state index >= 15 is 0 Å². The van der Waals surface area contributed by atoms with Gasteiger partial charge in [-0.3, -0.25) is 0 Å². The maximum atomic E-state index is 9.10. The Morgan fingerprint density at radius 3 is 2.64 bits per heavy atom. The number of aromatic nitrogens is 2. The zero-order valence-electron chi connectivity index (χ0n) is 14.3. The Labute approximate surface area is 150 Å². The molecule has 0 saturated heterocycles. The summed E-state index contributed by atoms with van der Waals surface area (Å²) in [5, 5.41) is 14.8. The number of carboxylic acid groups (broad SMARTS) is 2. The lowest BCUT2D eigenvalue weighted by molar-refractivity contribution is -0.159. The summed E-state index contributed by atoms with van der Waals surface area (Å²) in [7, 11) is 2.13. The van der Waals surface area contributed by atoms with E-state index in [-0.39, 0.29) is 0 Å². The van der Waals surface area contributed by atoms with Crippen LogP contribution in [0.15, 0.2) is 18.2 Å². The highest BCUT2D eigenvalue weighted by Crippen LogP contribution is 2.26. The Morgan fingerprint density at radius 2 is 2.04 bits per heavy atom. The molecular weight excluding hydrogens is 346 g/mol. The second kappa shape index (κ2) is 11.3. The summed E-state index contributed by atoms with van der Waals surface area (Å²) in [6.07, 6.45) is 9.62. The molecule has 0 unspecified atom stereocenters. The number of hydrogen-bond acceptors (Lipinski definition) is 7. The molecule has 1 aromatic rings. The molecule has 9 heteroatoms. The predicted molar refractivity (Wildman–Crippen MR) is 94.8 cm³/mol. The second-order valence-electron chi connectivity index (χ2n) is 5.30. The van der Waals surface area contributed by atoms with Crippen LogP contribution in [0.3, 0.4) is 0 Å². The molecule has 138 valence electrons. The van der Waals surface area contributed by atoms with Crippen molar-refractivity contribution >= 4 is 29.2 Å². The third-order valence-corrected chi connectivity index (χ3v) is 3.72. The van der Waals surface area contributed by atoms with Gasteiger partial charge in [0.2, 0.25) is 0 Å². The summed E-state index contributed by atoms with van der Waals surface area (Å²) in [6.45, 7) is 4.83. The van der Waals surface area contributed by atoms with Gasteiger partial charge in [-0.25, -0.2) is 9.59 Å². The first-order valence-corrected chi connectivity index (χ1v) is 8.63. The number of carbonyl (C=O) groups is 2. The molecule has 2 heterocycles. The van der Waals surface area contributed by atoms with E-state index in [1.165, 1.54) is 17.3 Å². The molecule has 0 aliphatic carbocycles. The zero-order chi connectivity index (χ0) is 18.7. The van der Waals surface area contributed by atoms with Gasteiger partial charge in [-0.2, -0.15) is 4.37 Å². The van der Waals surface area contributed by atoms with Gasteiger partial charge in [0.1, 0.15) is 5.69 Å². The van der Waals surface area contributed by atoms with Crippen LogP contribution in [0, 0.1) is 0 Å². The molecule has 0 atom stereocenters. The Hall–Kier alpha value is -2.26. The molecule has 0 saturated carbocycles. The van der Waals surface area contributed by atoms with Crippen molar-refractivity contribution < 1.29 is 24.5 Å². The van der Waals surface area contributed by atoms with Gasteiger partial charge in [-0.1, -0.05) is 25.2 Å². The first kappa shape index (κ1) is 20.8. The van der Waals surface area contributed by atoms with Crippen LogP contribution in [0.5, 0.6) is 5.88 Å². The maximum absolute atomic E-state index is 9.10. The Morgan fingerprint density at radius 1 is 1.32 bits per heavy atom. The average molecular weight is 369 g/mol. The number of allylic oxidation sites excluding steroid dienone is 1. The highest BCUT2D eigenvalue weighted by molar-refractivity contribution is 6.99. The van der Waals surface area contributed by atoms with E-state index in [1.54, 1.807) is 0 Å². The van der Waals surface area contributed by atoms with Crippen LogP contribution < -0.4 is 4.74 Å². The number of aliphatic carboxylic acids is 2. The van der Waals surface area contributed by atoms with Crippen molar-refractivity contribution in [3.63, 3.8) is 0 Å². The number of likely N-dealkylation sites (N-methyl/N-ethyl adjacent to an activating group) is 1. The van der Waals surface area contributed by atoms with Crippen LogP contribution >= 0.6 is 11.7 Å². The van der Waals surface area contributed by atoms with Gasteiger partial charge in [-0.15, -0.1) is 4.37 Å². The minimum absolute atomic E-state index is 0.665. The standard InChI is InChI=1S/C14H21N3OS.C2H2O4/c1-3-4-5-6-10-18-14-13(15-19-16-14)12-8-7-9-17(2)11-12;3-1(4)2(5)6/h4-5,8H,3,6-7,9-11H2,1-2H3;(H,3,4)(H,5,6). The van der Waals surface area contributed by atoms with E-state index in [0.717, 1.165) is 38.0 Å². The normalized spacial score (nSPS) is 14.6. The van der Waals surface area contributed by atoms with Gasteiger partial charge in [-0.05, 0) is 31.9 Å². The van der Waals surface area contributed by atoms with Gasteiger partial charge >= 0.3 is 11.9 Å². The third kappa shape index (κ3) is 7.90. The molecule has 0 amide bonds. The fourth-order valence-electron chi connectivity index (χ4n) is 2.04. The number of ether oxygens (including phenoxy) is 1. The van der Waals surface area contributed by atoms with E-state index in [0.29, 0.717) is 12.5 Å². The molecule has 0 spiro atoms. The first-order valence-electron chi connectivity index (χ1n) is 7.90. The molecule has 1 aliphatic rings. The van der Waals surface area contributed by atoms with Gasteiger partial charge < -0.3 is 19.8 Å². The molecule has 0 aromatic carbocycles. The Balaban J connectivity index is 0.000000450. The van der Waals surface area contributed by atoms with Crippen LogP contribution in [0.1, 0.15) is 31.9 Å². The summed E-state index contributed by atoms with van der Waals surface area (Å²) in [5.74, 6) is -2.96. The fraction of sp³-hybridized carbons (Fsp3) is 0.500. The summed E-state index contributed by atoms with van der Waals surface area (Å²) in [5.41, 5.74) is 2.16. The monoisotopic (exact) mass is 369 g/mol. The summed E-state index contributed by atoms with van der Waals surface area (Å²) < 4.78 is 14.4. The van der Waals surface area contributed by atoms with Crippen molar-refractivity contribution in [1.82, 2.24) is 13.6 Å². The van der Waals surface area contributed by atoms with Crippen molar-refractivity contribution in [2.75, 3.05) is 26.7 Å². The SMILES string of the molecule is CCC=CCCOc1nsnc1C1=CCCN(C)C1.O=C(O)C(=O)O. The topological polar surface area (TPSA) is 113 Å². The number of carboxylic acids is 2. The van der Waals surface area contributed by atoms with E-state index in [1.807, 2.05) is 0 Å². The molecule has 2 rings (SSSR count). The van der Waals surface area contributed by atoms with Crippen molar-refractivity contribution in [3.05, 3.63) is 23.9 Å². The van der Waals surface area contributed by atoms with Crippen LogP contribution in [-0.2, 0) is 9.59 Å². The summed E-state index contributed by atoms with van der Waals surface area (Å²) in [6, 6.07) is 0. The minimum Gasteiger partial charge on any atom is -0.475 e. The summed E-state index contributed by atoms with van der Waals surface area (Å²) in [4.78, 5) is 20.5. The van der Waals surface area contributed by atoms with Crippen LogP contribution in [0.2, 0.25) is 0 Å². The summed E-state index contributed by atoms with van der Waals surface area (Å²) >= 11 is 1.23. The van der Waals surface area contributed by atoms with Crippen molar-refractivity contribution in [2.24, 2.45) is 0 Å². The Bertz CT molecular complexity index is 615. The van der Waals surface area contributed by atoms with Gasteiger partial charge in [0.05, 0.1) is 18.3 Å². The van der Waals surface area contributed by atoms with Crippen LogP contribution in [-0.4, -0.2) is 62.5 Å². The lowest BCUT2D eigenvalue weighted by Crippen LogP contribution is -2.25. The number of nitrogens with zero attached hydrogens (tertiary/aromatic N) is 3. The van der Waals surface area contributed by atoms with Crippen LogP contribution in [0.4, 0.5) is 0 Å². The minimum atomic E-state index is -1.82. The highest BCUT2D eigenvalue weighted by atomic mass is 32.1. The molecule has 0 radical (unpaired) electrons. The highest BCUT2D eigenvalue weighted by Gasteiger charge is 2.18. The van der Waals surface area contributed by atoms with Gasteiger partial charge in [0.25, 0.3) is 5.88 Å². The second-order valence-corrected chi connectivity index (χ2v) is 5.83. The van der Waals surface area contributed by atoms with Crippen molar-refractivity contribution in [1.29, 1.82) is 0 Å². The quantitative estimate of drug-likeness (QED) is 0.445. The zero-order valence-corrected chi connectivity index (χ0v) is 15.2. The van der Waals surface area contributed by atoms with Crippen molar-refractivity contribution in [3.8, 4) is 5.88 Å². The molecular formula is C16H23N3O5S. The average Bonchev–Trinajstić information content (AvgIpc) is 3.03. The van der Waals surface area contributed by atoms with E-state index in [9.17, 15) is 0 Å². The third-order valence-electron chi connectivity index (χ3n) is 3.21. The Kier molecular flexibility index (Phi) is 9.41. The maximum Gasteiger partial charge on any atom is 0.414 e. The smallest absolute Gasteiger partial charge is 0.414 e. The molecule has 2 N–H and O–H groups in total. The van der Waals surface area contributed by atoms with E-state index in [4.69, 9.17) is 24.5 Å². The predicted octanol–water partition coefficient (Wildman–Crippen LogP) is 2.15. The molecule has 8 nitrogen and oxygen atoms in total. The van der Waals surface area contributed by atoms with Gasteiger partial charge in [0, 0.05) is 13.1 Å². The van der Waals surface area contributed by atoms with Gasteiger partial charge in [0.15, 0.2) is 0 Å². The van der Waals surface area contributed by atoms with Crippen molar-refractivity contribution in [2.45, 2.75) is 26.2 Å². The molecule has 0 fully saturated rings. The molecule has 0 bridgehead atoms. The largest absolute Gasteiger partial charge is 0.475 e. The van der Waals surface area contributed by atoms with E-state index in [2.05, 4.69) is 45.8 Å². The first-order chi connectivity index (χ1) is 12.0. The lowest BCUT2D eigenvalue weighted by Gasteiger charge is -2.22. The lowest BCUT2D eigenvalue weighted by atomic mass is 10.1. The molecule has 25 heavy (non-hydrogen) atoms. The number of hydrogen-bond donors (Lipinski definition) is 2. The van der Waals surface area contributed by atoms with E-state index < -0.39 is 11.9 Å². The van der Waals surface area contributed by atoms with Crippen LogP contribution in [0.25, 0.3) is 5.57 Å². The fourth-order valence-corrected chi connectivity index (χ4v) is 2.58. The number of rotatable bonds is 6. The molecule has 1 aromatic heterocycles. The molecule has 1 aliphatic heterocycles.